The zero-order chi connectivity index (χ0) is 9.26. The van der Waals surface area contributed by atoms with E-state index in [2.05, 4.69) is 0 Å². The summed E-state index contributed by atoms with van der Waals surface area (Å²) in [7, 11) is 2.02. The zero-order valence-corrected chi connectivity index (χ0v) is 8.47. The van der Waals surface area contributed by atoms with Crippen LogP contribution in [0.1, 0.15) is 12.8 Å². The number of hydrogen-bond donors (Lipinski definition) is 0. The summed E-state index contributed by atoms with van der Waals surface area (Å²) in [6.07, 6.45) is 2.62. The highest BCUT2D eigenvalue weighted by Crippen LogP contribution is 2.31. The molecular weight excluding hydrogens is 182 g/mol. The Balaban J connectivity index is 2.01. The van der Waals surface area contributed by atoms with Gasteiger partial charge in [0.15, 0.2) is 0 Å². The van der Waals surface area contributed by atoms with Crippen molar-refractivity contribution < 1.29 is 4.74 Å². The van der Waals surface area contributed by atoms with E-state index in [4.69, 9.17) is 16.3 Å². The fourth-order valence-electron chi connectivity index (χ4n) is 1.22. The van der Waals surface area contributed by atoms with Crippen molar-refractivity contribution in [1.82, 2.24) is 0 Å². The molecule has 13 heavy (non-hydrogen) atoms. The Hall–Kier alpha value is -0.625. The van der Waals surface area contributed by atoms with Crippen molar-refractivity contribution in [3.05, 3.63) is 23.2 Å². The molecule has 2 rings (SSSR count). The van der Waals surface area contributed by atoms with Gasteiger partial charge in [-0.15, -0.1) is 0 Å². The fourth-order valence-corrected chi connectivity index (χ4v) is 1.50. The highest BCUT2D eigenvalue weighted by molar-refractivity contribution is 6.37. The second-order valence-corrected chi connectivity index (χ2v) is 4.10. The van der Waals surface area contributed by atoms with Gasteiger partial charge in [-0.25, -0.2) is 0 Å². The van der Waals surface area contributed by atoms with Crippen LogP contribution >= 0.6 is 11.6 Å². The second kappa shape index (κ2) is 3.63. The molecule has 1 aliphatic rings. The molecular formula is C10H12BClO. The summed E-state index contributed by atoms with van der Waals surface area (Å²) in [5, 5.41) is 0.723. The first kappa shape index (κ1) is 8.95. The minimum atomic E-state index is 0.723. The normalized spacial score (nSPS) is 15.8. The highest BCUT2D eigenvalue weighted by Gasteiger charge is 2.22. The van der Waals surface area contributed by atoms with Gasteiger partial charge in [-0.2, -0.15) is 0 Å². The summed E-state index contributed by atoms with van der Waals surface area (Å²) in [6.45, 7) is 0.822. The molecule has 0 heterocycles. The van der Waals surface area contributed by atoms with Gasteiger partial charge in [0.1, 0.15) is 13.6 Å². The van der Waals surface area contributed by atoms with Gasteiger partial charge >= 0.3 is 0 Å². The van der Waals surface area contributed by atoms with E-state index < -0.39 is 0 Å². The fraction of sp³-hybridized carbons (Fsp3) is 0.400. The molecule has 68 valence electrons. The minimum absolute atomic E-state index is 0.723. The van der Waals surface area contributed by atoms with Crippen LogP contribution < -0.4 is 10.2 Å². The van der Waals surface area contributed by atoms with Crippen LogP contribution in [0.2, 0.25) is 5.02 Å². The summed E-state index contributed by atoms with van der Waals surface area (Å²) in [5.41, 5.74) is 1.17. The Morgan fingerprint density at radius 3 is 2.85 bits per heavy atom. The molecule has 0 bridgehead atoms. The largest absolute Gasteiger partial charge is 0.492 e. The maximum Gasteiger partial charge on any atom is 0.139 e. The first-order chi connectivity index (χ1) is 6.25. The molecule has 0 aliphatic heterocycles. The van der Waals surface area contributed by atoms with Crippen LogP contribution in [0.4, 0.5) is 0 Å². The predicted octanol–water partition coefficient (Wildman–Crippen LogP) is 1.39. The van der Waals surface area contributed by atoms with Crippen molar-refractivity contribution in [2.24, 2.45) is 5.92 Å². The van der Waals surface area contributed by atoms with Crippen molar-refractivity contribution in [2.75, 3.05) is 6.61 Å². The Morgan fingerprint density at radius 1 is 1.46 bits per heavy atom. The number of benzene rings is 1. The van der Waals surface area contributed by atoms with Crippen molar-refractivity contribution in [3.8, 4) is 5.75 Å². The van der Waals surface area contributed by atoms with E-state index in [1.807, 2.05) is 26.0 Å². The summed E-state index contributed by atoms with van der Waals surface area (Å²) >= 11 is 6.01. The lowest BCUT2D eigenvalue weighted by Gasteiger charge is -2.07. The SMILES string of the molecule is Bc1ccc(OCC2CC2)c(Cl)c1. The van der Waals surface area contributed by atoms with Crippen LogP contribution in [-0.2, 0) is 0 Å². The molecule has 0 atom stereocenters. The quantitative estimate of drug-likeness (QED) is 0.661. The number of ether oxygens (including phenoxy) is 1. The van der Waals surface area contributed by atoms with Crippen LogP contribution in [0.25, 0.3) is 0 Å². The van der Waals surface area contributed by atoms with Gasteiger partial charge in [0.25, 0.3) is 0 Å². The van der Waals surface area contributed by atoms with E-state index in [-0.39, 0.29) is 0 Å². The summed E-state index contributed by atoms with van der Waals surface area (Å²) in [6, 6.07) is 5.90. The molecule has 1 aromatic rings. The van der Waals surface area contributed by atoms with Gasteiger partial charge in [-0.1, -0.05) is 23.1 Å². The maximum absolute atomic E-state index is 6.01. The van der Waals surface area contributed by atoms with Gasteiger partial charge in [-0.05, 0) is 30.9 Å². The molecule has 0 saturated heterocycles. The van der Waals surface area contributed by atoms with E-state index in [1.165, 1.54) is 18.3 Å². The smallest absolute Gasteiger partial charge is 0.139 e. The third-order valence-electron chi connectivity index (χ3n) is 2.26. The molecule has 1 saturated carbocycles. The van der Waals surface area contributed by atoms with E-state index in [9.17, 15) is 0 Å². The summed E-state index contributed by atoms with van der Waals surface area (Å²) in [5.74, 6) is 1.59. The summed E-state index contributed by atoms with van der Waals surface area (Å²) in [4.78, 5) is 0. The third-order valence-corrected chi connectivity index (χ3v) is 2.55. The van der Waals surface area contributed by atoms with Gasteiger partial charge in [0, 0.05) is 0 Å². The molecule has 0 radical (unpaired) electrons. The Bertz CT molecular complexity index is 310. The van der Waals surface area contributed by atoms with Crippen LogP contribution in [0.3, 0.4) is 0 Å². The molecule has 1 aromatic carbocycles. The highest BCUT2D eigenvalue weighted by atomic mass is 35.5. The van der Waals surface area contributed by atoms with E-state index in [1.54, 1.807) is 0 Å². The van der Waals surface area contributed by atoms with Crippen molar-refractivity contribution in [2.45, 2.75) is 12.8 Å². The van der Waals surface area contributed by atoms with E-state index >= 15 is 0 Å². The molecule has 1 aliphatic carbocycles. The average molecular weight is 194 g/mol. The molecule has 1 fully saturated rings. The second-order valence-electron chi connectivity index (χ2n) is 3.69. The van der Waals surface area contributed by atoms with Crippen LogP contribution in [0.5, 0.6) is 5.75 Å². The molecule has 0 N–H and O–H groups in total. The van der Waals surface area contributed by atoms with Crippen LogP contribution in [0, 0.1) is 5.92 Å². The Labute approximate surface area is 84.5 Å². The molecule has 0 unspecified atom stereocenters. The van der Waals surface area contributed by atoms with Crippen molar-refractivity contribution in [3.63, 3.8) is 0 Å². The molecule has 3 heteroatoms. The topological polar surface area (TPSA) is 9.23 Å². The molecule has 0 spiro atoms. The molecule has 1 nitrogen and oxygen atoms in total. The van der Waals surface area contributed by atoms with Crippen LogP contribution in [0.15, 0.2) is 18.2 Å². The number of rotatable bonds is 3. The van der Waals surface area contributed by atoms with E-state index in [0.717, 1.165) is 23.3 Å². The average Bonchev–Trinajstić information content (AvgIpc) is 2.86. The number of halogens is 1. The zero-order valence-electron chi connectivity index (χ0n) is 7.72. The monoisotopic (exact) mass is 194 g/mol. The predicted molar refractivity (Wildman–Crippen MR) is 57.8 cm³/mol. The lowest BCUT2D eigenvalue weighted by atomic mass is 9.97. The Kier molecular flexibility index (Phi) is 2.50. The first-order valence-electron chi connectivity index (χ1n) is 4.64. The van der Waals surface area contributed by atoms with Crippen molar-refractivity contribution in [1.29, 1.82) is 0 Å². The molecule has 0 aromatic heterocycles. The van der Waals surface area contributed by atoms with Gasteiger partial charge in [-0.3, -0.25) is 0 Å². The standard InChI is InChI=1S/C10H12BClO/c11-8-3-4-10(9(12)5-8)13-6-7-1-2-7/h3-5,7H,1-2,6,11H2. The van der Waals surface area contributed by atoms with Crippen molar-refractivity contribution >= 4 is 24.9 Å². The number of hydrogen-bond acceptors (Lipinski definition) is 1. The summed E-state index contributed by atoms with van der Waals surface area (Å²) < 4.78 is 5.58. The lowest BCUT2D eigenvalue weighted by molar-refractivity contribution is 0.300. The molecule has 0 amide bonds. The van der Waals surface area contributed by atoms with Crippen LogP contribution in [-0.4, -0.2) is 14.5 Å². The third kappa shape index (κ3) is 2.41. The maximum atomic E-state index is 6.01. The van der Waals surface area contributed by atoms with E-state index in [0.29, 0.717) is 0 Å². The van der Waals surface area contributed by atoms with Gasteiger partial charge < -0.3 is 4.74 Å². The first-order valence-corrected chi connectivity index (χ1v) is 5.02. The van der Waals surface area contributed by atoms with Gasteiger partial charge in [0.2, 0.25) is 0 Å². The lowest BCUT2D eigenvalue weighted by Crippen LogP contribution is -2.04. The minimum Gasteiger partial charge on any atom is -0.492 e. The Morgan fingerprint density at radius 2 is 2.23 bits per heavy atom. The van der Waals surface area contributed by atoms with Gasteiger partial charge in [0.05, 0.1) is 11.6 Å².